The molecule has 4 nitrogen and oxygen atoms in total. The Bertz CT molecular complexity index is 898. The number of aliphatic carboxylic acids is 1. The van der Waals surface area contributed by atoms with E-state index in [-0.39, 0.29) is 6.42 Å². The molecule has 0 bridgehead atoms. The molecule has 1 atom stereocenters. The van der Waals surface area contributed by atoms with E-state index in [9.17, 15) is 18.0 Å². The van der Waals surface area contributed by atoms with Crippen LogP contribution in [0.4, 0.5) is 18.9 Å². The van der Waals surface area contributed by atoms with Crippen molar-refractivity contribution in [3.63, 3.8) is 0 Å². The van der Waals surface area contributed by atoms with Crippen LogP contribution in [-0.4, -0.2) is 29.1 Å². The molecule has 2 aromatic carbocycles. The number of anilines is 1. The minimum absolute atomic E-state index is 0.00647. The number of carboxylic acids is 1. The fourth-order valence-electron chi connectivity index (χ4n) is 3.10. The van der Waals surface area contributed by atoms with Crippen LogP contribution in [0.15, 0.2) is 58.5 Å². The number of rotatable bonds is 10. The summed E-state index contributed by atoms with van der Waals surface area (Å²) in [5.41, 5.74) is 1.62. The lowest BCUT2D eigenvalue weighted by atomic mass is 10.1. The maximum Gasteiger partial charge on any atom is 0.416 e. The number of hydrogen-bond acceptors (Lipinski definition) is 4. The second-order valence-electron chi connectivity index (χ2n) is 7.43. The smallest absolute Gasteiger partial charge is 0.416 e. The maximum atomic E-state index is 12.8. The van der Waals surface area contributed by atoms with Crippen LogP contribution in [0.25, 0.3) is 0 Å². The van der Waals surface area contributed by atoms with Gasteiger partial charge >= 0.3 is 12.1 Å². The molecular formula is C23H27F3N2O2S. The van der Waals surface area contributed by atoms with E-state index in [0.717, 1.165) is 40.5 Å². The van der Waals surface area contributed by atoms with Gasteiger partial charge in [-0.15, -0.1) is 11.8 Å². The minimum atomic E-state index is -4.35. The van der Waals surface area contributed by atoms with Crippen LogP contribution in [0.5, 0.6) is 0 Å². The number of halogens is 3. The molecule has 0 aromatic heterocycles. The van der Waals surface area contributed by atoms with Gasteiger partial charge in [0.2, 0.25) is 0 Å². The van der Waals surface area contributed by atoms with Crippen LogP contribution >= 0.6 is 11.8 Å². The van der Waals surface area contributed by atoms with E-state index >= 15 is 0 Å². The Morgan fingerprint density at radius 2 is 1.87 bits per heavy atom. The van der Waals surface area contributed by atoms with Crippen LogP contribution < -0.4 is 5.01 Å². The third-order valence-electron chi connectivity index (χ3n) is 4.52. The molecule has 0 heterocycles. The van der Waals surface area contributed by atoms with Crippen molar-refractivity contribution >= 4 is 29.1 Å². The topological polar surface area (TPSA) is 52.9 Å². The average molecular weight is 453 g/mol. The zero-order chi connectivity index (χ0) is 23.0. The predicted octanol–water partition coefficient (Wildman–Crippen LogP) is 6.35. The van der Waals surface area contributed by atoms with Crippen molar-refractivity contribution in [2.45, 2.75) is 44.7 Å². The molecular weight excluding hydrogens is 425 g/mol. The summed E-state index contributed by atoms with van der Waals surface area (Å²) in [5, 5.41) is 15.2. The first kappa shape index (κ1) is 24.8. The van der Waals surface area contributed by atoms with Crippen molar-refractivity contribution in [1.82, 2.24) is 0 Å². The van der Waals surface area contributed by atoms with Crippen LogP contribution in [0, 0.1) is 5.92 Å². The fraction of sp³-hybridized carbons (Fsp3) is 0.391. The van der Waals surface area contributed by atoms with Crippen molar-refractivity contribution < 1.29 is 23.1 Å². The van der Waals surface area contributed by atoms with Gasteiger partial charge in [-0.2, -0.15) is 18.3 Å². The maximum absolute atomic E-state index is 12.8. The number of carbonyl (C=O) groups is 1. The number of alkyl halides is 3. The SMILES string of the molecule is CCN(/N=C(/C)CC(C)CSc1cccc(CC(=O)O)c1)c1ccc(C(F)(F)F)cc1. The third-order valence-corrected chi connectivity index (χ3v) is 5.84. The van der Waals surface area contributed by atoms with Crippen molar-refractivity contribution in [3.8, 4) is 0 Å². The number of thioether (sulfide) groups is 1. The van der Waals surface area contributed by atoms with Crippen molar-refractivity contribution in [2.24, 2.45) is 11.0 Å². The second kappa shape index (κ2) is 11.2. The molecule has 0 saturated heterocycles. The number of benzene rings is 2. The first-order valence-electron chi connectivity index (χ1n) is 10.0. The lowest BCUT2D eigenvalue weighted by molar-refractivity contribution is -0.138. The lowest BCUT2D eigenvalue weighted by Gasteiger charge is -2.20. The van der Waals surface area contributed by atoms with Gasteiger partial charge in [0.25, 0.3) is 0 Å². The fourth-order valence-corrected chi connectivity index (χ4v) is 4.11. The van der Waals surface area contributed by atoms with Crippen LogP contribution in [0.2, 0.25) is 0 Å². The first-order chi connectivity index (χ1) is 14.6. The van der Waals surface area contributed by atoms with E-state index in [1.807, 2.05) is 32.0 Å². The van der Waals surface area contributed by atoms with Gasteiger partial charge in [-0.25, -0.2) is 0 Å². The normalized spacial score (nSPS) is 13.2. The predicted molar refractivity (Wildman–Crippen MR) is 120 cm³/mol. The Hall–Kier alpha value is -2.48. The Kier molecular flexibility index (Phi) is 8.98. The van der Waals surface area contributed by atoms with E-state index < -0.39 is 17.7 Å². The van der Waals surface area contributed by atoms with E-state index in [1.54, 1.807) is 22.8 Å². The average Bonchev–Trinajstić information content (AvgIpc) is 2.70. The van der Waals surface area contributed by atoms with E-state index in [2.05, 4.69) is 12.0 Å². The van der Waals surface area contributed by atoms with Gasteiger partial charge in [0.15, 0.2) is 0 Å². The first-order valence-corrected chi connectivity index (χ1v) is 11.0. The molecule has 2 rings (SSSR count). The number of nitrogens with zero attached hydrogens (tertiary/aromatic N) is 2. The summed E-state index contributed by atoms with van der Waals surface area (Å²) in [6.45, 7) is 6.48. The van der Waals surface area contributed by atoms with E-state index in [1.165, 1.54) is 12.1 Å². The molecule has 1 N–H and O–H groups in total. The lowest BCUT2D eigenvalue weighted by Crippen LogP contribution is -2.19. The Labute approximate surface area is 185 Å². The minimum Gasteiger partial charge on any atom is -0.481 e. The van der Waals surface area contributed by atoms with Gasteiger partial charge in [0, 0.05) is 22.9 Å². The molecule has 0 spiro atoms. The highest BCUT2D eigenvalue weighted by Crippen LogP contribution is 2.30. The largest absolute Gasteiger partial charge is 0.481 e. The van der Waals surface area contributed by atoms with Crippen LogP contribution in [0.3, 0.4) is 0 Å². The second-order valence-corrected chi connectivity index (χ2v) is 8.53. The molecule has 0 aliphatic carbocycles. The molecule has 0 fully saturated rings. The Balaban J connectivity index is 1.94. The van der Waals surface area contributed by atoms with Gasteiger partial charge in [-0.05, 0) is 68.1 Å². The molecule has 1 unspecified atom stereocenters. The Morgan fingerprint density at radius 1 is 1.19 bits per heavy atom. The van der Waals surface area contributed by atoms with Crippen molar-refractivity contribution in [1.29, 1.82) is 0 Å². The molecule has 2 aromatic rings. The van der Waals surface area contributed by atoms with Crippen molar-refractivity contribution in [2.75, 3.05) is 17.3 Å². The summed E-state index contributed by atoms with van der Waals surface area (Å²) >= 11 is 1.67. The number of hydrogen-bond donors (Lipinski definition) is 1. The van der Waals surface area contributed by atoms with Gasteiger partial charge < -0.3 is 5.11 Å². The summed E-state index contributed by atoms with van der Waals surface area (Å²) in [6, 6.07) is 12.5. The Morgan fingerprint density at radius 3 is 2.45 bits per heavy atom. The standard InChI is InChI=1S/C23H27F3N2O2S/c1-4-28(20-10-8-19(9-11-20)23(24,25)26)27-17(3)12-16(2)15-31-21-7-5-6-18(13-21)14-22(29)30/h5-11,13,16H,4,12,14-15H2,1-3H3,(H,29,30)/b27-17-. The quantitative estimate of drug-likeness (QED) is 0.259. The third kappa shape index (κ3) is 8.28. The molecule has 31 heavy (non-hydrogen) atoms. The monoisotopic (exact) mass is 452 g/mol. The highest BCUT2D eigenvalue weighted by atomic mass is 32.2. The summed E-state index contributed by atoms with van der Waals surface area (Å²) in [6.07, 6.45) is -3.60. The summed E-state index contributed by atoms with van der Waals surface area (Å²) in [5.74, 6) is 0.314. The van der Waals surface area contributed by atoms with Gasteiger partial charge in [-0.1, -0.05) is 19.1 Å². The molecule has 0 aliphatic rings. The van der Waals surface area contributed by atoms with Gasteiger partial charge in [0.05, 0.1) is 17.7 Å². The zero-order valence-electron chi connectivity index (χ0n) is 17.8. The molecule has 168 valence electrons. The summed E-state index contributed by atoms with van der Waals surface area (Å²) < 4.78 is 38.3. The number of hydrazone groups is 1. The summed E-state index contributed by atoms with van der Waals surface area (Å²) in [4.78, 5) is 11.9. The highest BCUT2D eigenvalue weighted by Gasteiger charge is 2.30. The molecule has 8 heteroatoms. The van der Waals surface area contributed by atoms with Crippen molar-refractivity contribution in [3.05, 3.63) is 59.7 Å². The van der Waals surface area contributed by atoms with E-state index in [4.69, 9.17) is 5.11 Å². The van der Waals surface area contributed by atoms with Gasteiger partial charge in [0.1, 0.15) is 0 Å². The van der Waals surface area contributed by atoms with Crippen LogP contribution in [-0.2, 0) is 17.4 Å². The highest BCUT2D eigenvalue weighted by molar-refractivity contribution is 7.99. The van der Waals surface area contributed by atoms with Crippen LogP contribution in [0.1, 0.15) is 38.3 Å². The molecule has 0 amide bonds. The molecule has 0 radical (unpaired) electrons. The molecule has 0 saturated carbocycles. The van der Waals surface area contributed by atoms with Gasteiger partial charge in [-0.3, -0.25) is 9.80 Å². The number of carboxylic acid groups (broad SMARTS) is 1. The molecule has 0 aliphatic heterocycles. The zero-order valence-corrected chi connectivity index (χ0v) is 18.6. The summed E-state index contributed by atoms with van der Waals surface area (Å²) in [7, 11) is 0. The van der Waals surface area contributed by atoms with E-state index in [0.29, 0.717) is 18.2 Å².